The van der Waals surface area contributed by atoms with Gasteiger partial charge in [-0.1, -0.05) is 42.2 Å². The van der Waals surface area contributed by atoms with E-state index in [0.717, 1.165) is 16.5 Å². The molecular weight excluding hydrogens is 408 g/mol. The molecule has 2 aromatic heterocycles. The first-order valence-electron chi connectivity index (χ1n) is 9.08. The van der Waals surface area contributed by atoms with Crippen molar-refractivity contribution in [2.45, 2.75) is 20.0 Å². The van der Waals surface area contributed by atoms with E-state index >= 15 is 0 Å². The van der Waals surface area contributed by atoms with Crippen molar-refractivity contribution in [1.29, 1.82) is 0 Å². The monoisotopic (exact) mass is 426 g/mol. The number of nitrogens with zero attached hydrogens (tertiary/aromatic N) is 2. The maximum absolute atomic E-state index is 12.9. The third kappa shape index (κ3) is 3.99. The molecule has 29 heavy (non-hydrogen) atoms. The lowest BCUT2D eigenvalue weighted by Gasteiger charge is -2.11. The second-order valence-corrected chi connectivity index (χ2v) is 8.06. The molecule has 8 heteroatoms. The van der Waals surface area contributed by atoms with Gasteiger partial charge in [-0.3, -0.25) is 14.5 Å². The molecule has 1 aliphatic heterocycles. The van der Waals surface area contributed by atoms with Crippen molar-refractivity contribution in [3.8, 4) is 0 Å². The fourth-order valence-corrected chi connectivity index (χ4v) is 4.45. The number of para-hydroxylation sites is 1. The van der Waals surface area contributed by atoms with Crippen LogP contribution in [0.15, 0.2) is 58.2 Å². The molecule has 0 spiro atoms. The molecule has 3 heterocycles. The molecule has 0 radical (unpaired) electrons. The predicted octanol–water partition coefficient (Wildman–Crippen LogP) is 4.20. The van der Waals surface area contributed by atoms with Crippen LogP contribution in [0.3, 0.4) is 0 Å². The first-order valence-corrected chi connectivity index (χ1v) is 10.3. The Kier molecular flexibility index (Phi) is 5.55. The van der Waals surface area contributed by atoms with Crippen LogP contribution >= 0.6 is 24.0 Å². The first-order chi connectivity index (χ1) is 14.1. The number of thiocarbonyl (C=S) groups is 1. The van der Waals surface area contributed by atoms with Crippen molar-refractivity contribution in [2.75, 3.05) is 6.61 Å². The Morgan fingerprint density at radius 2 is 2.10 bits per heavy atom. The van der Waals surface area contributed by atoms with Gasteiger partial charge in [0, 0.05) is 22.7 Å². The zero-order valence-corrected chi connectivity index (χ0v) is 17.3. The predicted molar refractivity (Wildman–Crippen MR) is 116 cm³/mol. The van der Waals surface area contributed by atoms with Crippen molar-refractivity contribution in [2.24, 2.45) is 0 Å². The minimum absolute atomic E-state index is 0.113. The van der Waals surface area contributed by atoms with Crippen LogP contribution in [0.2, 0.25) is 0 Å². The van der Waals surface area contributed by atoms with Crippen molar-refractivity contribution in [1.82, 2.24) is 9.47 Å². The minimum Gasteiger partial charge on any atom is -0.467 e. The molecule has 0 bridgehead atoms. The molecule has 148 valence electrons. The first kappa shape index (κ1) is 19.5. The van der Waals surface area contributed by atoms with Crippen LogP contribution in [-0.4, -0.2) is 32.3 Å². The molecule has 0 N–H and O–H groups in total. The maximum atomic E-state index is 12.9. The number of carbonyl (C=O) groups is 2. The lowest BCUT2D eigenvalue weighted by molar-refractivity contribution is -0.143. The van der Waals surface area contributed by atoms with Gasteiger partial charge in [-0.05, 0) is 31.2 Å². The number of carbonyl (C=O) groups excluding carboxylic acids is 2. The van der Waals surface area contributed by atoms with Crippen LogP contribution in [0.4, 0.5) is 0 Å². The number of ether oxygens (including phenoxy) is 1. The summed E-state index contributed by atoms with van der Waals surface area (Å²) in [6.07, 6.45) is 5.26. The number of aromatic nitrogens is 1. The highest BCUT2D eigenvalue weighted by Gasteiger charge is 2.32. The molecule has 6 nitrogen and oxygen atoms in total. The van der Waals surface area contributed by atoms with E-state index in [0.29, 0.717) is 28.1 Å². The quantitative estimate of drug-likeness (QED) is 0.334. The molecule has 1 aliphatic rings. The molecule has 1 fully saturated rings. The van der Waals surface area contributed by atoms with Gasteiger partial charge in [-0.15, -0.1) is 0 Å². The highest BCUT2D eigenvalue weighted by atomic mass is 32.2. The second-order valence-electron chi connectivity index (χ2n) is 6.38. The van der Waals surface area contributed by atoms with Gasteiger partial charge in [-0.2, -0.15) is 0 Å². The maximum Gasteiger partial charge on any atom is 0.325 e. The fourth-order valence-electron chi connectivity index (χ4n) is 3.20. The summed E-state index contributed by atoms with van der Waals surface area (Å²) >= 11 is 6.65. The molecule has 0 atom stereocenters. The van der Waals surface area contributed by atoms with Crippen LogP contribution in [0.5, 0.6) is 0 Å². The number of hydrogen-bond acceptors (Lipinski definition) is 6. The molecule has 0 unspecified atom stereocenters. The molecule has 1 amide bonds. The van der Waals surface area contributed by atoms with E-state index in [2.05, 4.69) is 0 Å². The summed E-state index contributed by atoms with van der Waals surface area (Å²) in [6.45, 7) is 2.53. The van der Waals surface area contributed by atoms with Gasteiger partial charge in [0.05, 0.1) is 24.3 Å². The number of fused-ring (bicyclic) bond motifs is 1. The summed E-state index contributed by atoms with van der Waals surface area (Å²) in [4.78, 5) is 26.9. The average Bonchev–Trinajstić information content (AvgIpc) is 3.39. The number of rotatable bonds is 6. The van der Waals surface area contributed by atoms with E-state index in [1.807, 2.05) is 47.2 Å². The van der Waals surface area contributed by atoms with Gasteiger partial charge in [0.1, 0.15) is 16.6 Å². The highest BCUT2D eigenvalue weighted by molar-refractivity contribution is 8.26. The molecule has 3 aromatic rings. The largest absolute Gasteiger partial charge is 0.467 e. The molecular formula is C21H18N2O4S2. The number of hydrogen-bond donors (Lipinski definition) is 0. The van der Waals surface area contributed by atoms with Crippen molar-refractivity contribution in [3.05, 3.63) is 65.1 Å². The highest BCUT2D eigenvalue weighted by Crippen LogP contribution is 2.35. The fraction of sp³-hybridized carbons (Fsp3) is 0.190. The van der Waals surface area contributed by atoms with Gasteiger partial charge < -0.3 is 13.7 Å². The van der Waals surface area contributed by atoms with Gasteiger partial charge in [0.25, 0.3) is 5.91 Å². The lowest BCUT2D eigenvalue weighted by atomic mass is 10.1. The van der Waals surface area contributed by atoms with E-state index in [9.17, 15) is 9.59 Å². The van der Waals surface area contributed by atoms with Gasteiger partial charge in [0.2, 0.25) is 0 Å². The van der Waals surface area contributed by atoms with E-state index in [-0.39, 0.29) is 18.4 Å². The topological polar surface area (TPSA) is 64.7 Å². The summed E-state index contributed by atoms with van der Waals surface area (Å²) in [7, 11) is 0. The lowest BCUT2D eigenvalue weighted by Crippen LogP contribution is -2.27. The number of benzene rings is 1. The van der Waals surface area contributed by atoms with E-state index in [1.54, 1.807) is 19.3 Å². The van der Waals surface area contributed by atoms with Crippen LogP contribution in [0, 0.1) is 0 Å². The molecule has 0 saturated carbocycles. The summed E-state index contributed by atoms with van der Waals surface area (Å²) in [5, 5.41) is 0.952. The van der Waals surface area contributed by atoms with Crippen LogP contribution in [-0.2, 0) is 27.4 Å². The summed E-state index contributed by atoms with van der Waals surface area (Å²) in [5.74, 6) is 0.219. The Balaban J connectivity index is 1.65. The van der Waals surface area contributed by atoms with Crippen molar-refractivity contribution < 1.29 is 18.7 Å². The SMILES string of the molecule is CCOC(=O)Cn1cc(/C=C2\SC(=S)N(Cc3ccco3)C2=O)c2ccccc21. The summed E-state index contributed by atoms with van der Waals surface area (Å²) < 4.78 is 12.7. The Morgan fingerprint density at radius 3 is 2.86 bits per heavy atom. The van der Waals surface area contributed by atoms with Crippen LogP contribution in [0.25, 0.3) is 17.0 Å². The third-order valence-corrected chi connectivity index (χ3v) is 5.86. The molecule has 1 saturated heterocycles. The van der Waals surface area contributed by atoms with E-state index < -0.39 is 0 Å². The number of amides is 1. The summed E-state index contributed by atoms with van der Waals surface area (Å²) in [6, 6.07) is 11.3. The van der Waals surface area contributed by atoms with Crippen molar-refractivity contribution >= 4 is 57.2 Å². The second kappa shape index (κ2) is 8.26. The van der Waals surface area contributed by atoms with Gasteiger partial charge >= 0.3 is 5.97 Å². The van der Waals surface area contributed by atoms with Crippen LogP contribution in [0.1, 0.15) is 18.2 Å². The smallest absolute Gasteiger partial charge is 0.325 e. The van der Waals surface area contributed by atoms with E-state index in [4.69, 9.17) is 21.4 Å². The normalized spacial score (nSPS) is 15.6. The number of thioether (sulfide) groups is 1. The third-order valence-electron chi connectivity index (χ3n) is 4.48. The standard InChI is InChI=1S/C21H18N2O4S2/c1-2-26-19(24)13-22-11-14(16-7-3-4-8-17(16)22)10-18-20(25)23(21(28)29-18)12-15-6-5-9-27-15/h3-11H,2,12-13H2,1H3/b18-10-. The number of esters is 1. The molecule has 4 rings (SSSR count). The molecule has 1 aromatic carbocycles. The van der Waals surface area contributed by atoms with Crippen molar-refractivity contribution in [3.63, 3.8) is 0 Å². The zero-order chi connectivity index (χ0) is 20.4. The Bertz CT molecular complexity index is 1120. The minimum atomic E-state index is -0.301. The average molecular weight is 427 g/mol. The van der Waals surface area contributed by atoms with Crippen LogP contribution < -0.4 is 0 Å². The summed E-state index contributed by atoms with van der Waals surface area (Å²) in [5.41, 5.74) is 1.75. The van der Waals surface area contributed by atoms with Gasteiger partial charge in [-0.25, -0.2) is 0 Å². The molecule has 0 aliphatic carbocycles. The Hall–Kier alpha value is -2.84. The number of furan rings is 1. The van der Waals surface area contributed by atoms with E-state index in [1.165, 1.54) is 16.7 Å². The zero-order valence-electron chi connectivity index (χ0n) is 15.7. The van der Waals surface area contributed by atoms with Gasteiger partial charge in [0.15, 0.2) is 0 Å². The Morgan fingerprint density at radius 1 is 1.28 bits per heavy atom. The Labute approximate surface area is 177 Å².